The maximum absolute atomic E-state index is 12.9. The molecule has 0 saturated carbocycles. The molecule has 1 aliphatic heterocycles. The minimum atomic E-state index is -0.692. The average Bonchev–Trinajstić information content (AvgIpc) is 2.78. The molecule has 2 rings (SSSR count). The fraction of sp³-hybridized carbons (Fsp3) is 0.650. The van der Waals surface area contributed by atoms with Crippen molar-refractivity contribution in [3.63, 3.8) is 0 Å². The molecule has 1 unspecified atom stereocenters. The molecule has 2 atom stereocenters. The van der Waals surface area contributed by atoms with E-state index in [1.54, 1.807) is 0 Å². The monoisotopic (exact) mass is 425 g/mol. The Kier molecular flexibility index (Phi) is 5.92. The van der Waals surface area contributed by atoms with Crippen LogP contribution in [0.5, 0.6) is 0 Å². The first-order valence-corrected chi connectivity index (χ1v) is 11.1. The van der Waals surface area contributed by atoms with E-state index in [1.165, 1.54) is 0 Å². The maximum Gasteiger partial charge on any atom is 0.230 e. The van der Waals surface area contributed by atoms with Crippen molar-refractivity contribution < 1.29 is 9.22 Å². The van der Waals surface area contributed by atoms with E-state index in [9.17, 15) is 4.79 Å². The van der Waals surface area contributed by atoms with Crippen LogP contribution < -0.4 is 4.90 Å². The van der Waals surface area contributed by atoms with Gasteiger partial charge in [-0.3, -0.25) is 4.79 Å². The summed E-state index contributed by atoms with van der Waals surface area (Å²) in [5, 5.41) is 0.237. The average molecular weight is 426 g/mol. The topological polar surface area (TPSA) is 29.5 Å². The number of aryl methyl sites for hydroxylation is 2. The highest BCUT2D eigenvalue weighted by molar-refractivity contribution is 9.10. The van der Waals surface area contributed by atoms with Crippen molar-refractivity contribution in [1.29, 1.82) is 0 Å². The van der Waals surface area contributed by atoms with Crippen molar-refractivity contribution in [2.75, 3.05) is 4.90 Å². The Morgan fingerprint density at radius 3 is 2.16 bits per heavy atom. The van der Waals surface area contributed by atoms with E-state index in [-0.39, 0.29) is 28.5 Å². The van der Waals surface area contributed by atoms with E-state index >= 15 is 0 Å². The van der Waals surface area contributed by atoms with Crippen molar-refractivity contribution in [3.8, 4) is 0 Å². The van der Waals surface area contributed by atoms with Gasteiger partial charge >= 0.3 is 0 Å². The summed E-state index contributed by atoms with van der Waals surface area (Å²) in [6, 6.07) is 4.29. The second kappa shape index (κ2) is 7.16. The number of halogens is 1. The smallest absolute Gasteiger partial charge is 0.230 e. The van der Waals surface area contributed by atoms with Crippen molar-refractivity contribution in [3.05, 3.63) is 27.7 Å². The zero-order chi connectivity index (χ0) is 19.2. The maximum atomic E-state index is 12.9. The predicted molar refractivity (Wildman–Crippen MR) is 112 cm³/mol. The third-order valence-electron chi connectivity index (χ3n) is 4.93. The minimum Gasteiger partial charge on any atom is -0.416 e. The van der Waals surface area contributed by atoms with Gasteiger partial charge in [-0.1, -0.05) is 43.6 Å². The highest BCUT2D eigenvalue weighted by atomic mass is 79.9. The third-order valence-corrected chi connectivity index (χ3v) is 7.93. The molecule has 1 aromatic carbocycles. The summed E-state index contributed by atoms with van der Waals surface area (Å²) in [7, 11) is -0.692. The molecule has 1 heterocycles. The van der Waals surface area contributed by atoms with E-state index in [1.807, 2.05) is 11.8 Å². The van der Waals surface area contributed by atoms with Crippen LogP contribution in [-0.4, -0.2) is 27.3 Å². The molecular weight excluding hydrogens is 394 g/mol. The number of anilines is 1. The van der Waals surface area contributed by atoms with Gasteiger partial charge in [-0.05, 0) is 62.4 Å². The quantitative estimate of drug-likeness (QED) is 0.641. The summed E-state index contributed by atoms with van der Waals surface area (Å²) in [5.74, 6) is 0.244. The molecule has 0 aliphatic carbocycles. The normalized spacial score (nSPS) is 22.4. The van der Waals surface area contributed by atoms with Crippen molar-refractivity contribution in [1.82, 2.24) is 0 Å². The molecule has 25 heavy (non-hydrogen) atoms. The van der Waals surface area contributed by atoms with Crippen molar-refractivity contribution in [2.24, 2.45) is 5.92 Å². The van der Waals surface area contributed by atoms with Crippen molar-refractivity contribution >= 4 is 37.3 Å². The number of hydrogen-bond acceptors (Lipinski definition) is 2. The van der Waals surface area contributed by atoms with Crippen LogP contribution in [0.1, 0.15) is 59.1 Å². The molecule has 0 spiro atoms. The molecule has 1 fully saturated rings. The van der Waals surface area contributed by atoms with E-state index < -0.39 is 9.76 Å². The van der Waals surface area contributed by atoms with Gasteiger partial charge in [-0.2, -0.15) is 0 Å². The molecule has 140 valence electrons. The van der Waals surface area contributed by atoms with Gasteiger partial charge in [-0.15, -0.1) is 0 Å². The second-order valence-electron chi connectivity index (χ2n) is 9.21. The molecule has 1 amide bonds. The molecule has 3 nitrogen and oxygen atoms in total. The standard InChI is InChI=1S/C20H32BrNO2Si/c1-12-9-15(10-13(2)17(12)21)22-16(11-14(3)18(22)23)20(7,8)24-25-19(4,5)6/h9-10,14,16H,11,25H2,1-8H3/t14-,16?/m1/s1. The molecule has 0 radical (unpaired) electrons. The molecule has 0 bridgehead atoms. The Balaban J connectivity index is 2.38. The van der Waals surface area contributed by atoms with Gasteiger partial charge in [0, 0.05) is 16.1 Å². The summed E-state index contributed by atoms with van der Waals surface area (Å²) in [6.07, 6.45) is 0.846. The molecule has 0 N–H and O–H groups in total. The molecular formula is C20H32BrNO2Si. The number of hydrogen-bond donors (Lipinski definition) is 0. The highest BCUT2D eigenvalue weighted by Gasteiger charge is 2.46. The van der Waals surface area contributed by atoms with Crippen molar-refractivity contribution in [2.45, 2.75) is 78.5 Å². The summed E-state index contributed by atoms with van der Waals surface area (Å²) in [5.41, 5.74) is 2.97. The lowest BCUT2D eigenvalue weighted by atomic mass is 9.93. The molecule has 0 aromatic heterocycles. The number of carbonyl (C=O) groups is 1. The van der Waals surface area contributed by atoms with Crippen LogP contribution >= 0.6 is 15.9 Å². The Hall–Kier alpha value is -0.653. The van der Waals surface area contributed by atoms with Crippen LogP contribution in [0.4, 0.5) is 5.69 Å². The highest BCUT2D eigenvalue weighted by Crippen LogP contribution is 2.39. The van der Waals surface area contributed by atoms with Crippen LogP contribution in [0.25, 0.3) is 0 Å². The molecule has 1 saturated heterocycles. The fourth-order valence-corrected chi connectivity index (χ4v) is 4.62. The summed E-state index contributed by atoms with van der Waals surface area (Å²) >= 11 is 3.63. The van der Waals surface area contributed by atoms with Crippen LogP contribution in [0.15, 0.2) is 16.6 Å². The van der Waals surface area contributed by atoms with Gasteiger partial charge in [0.15, 0.2) is 9.76 Å². The first kappa shape index (κ1) is 20.7. The van der Waals surface area contributed by atoms with E-state index in [4.69, 9.17) is 4.43 Å². The number of amides is 1. The first-order chi connectivity index (χ1) is 11.3. The lowest BCUT2D eigenvalue weighted by Gasteiger charge is -2.40. The van der Waals surface area contributed by atoms with Gasteiger partial charge < -0.3 is 9.33 Å². The Morgan fingerprint density at radius 1 is 1.16 bits per heavy atom. The zero-order valence-electron chi connectivity index (χ0n) is 16.9. The number of benzene rings is 1. The second-order valence-corrected chi connectivity index (χ2v) is 12.7. The third kappa shape index (κ3) is 4.55. The van der Waals surface area contributed by atoms with E-state index in [2.05, 4.69) is 76.5 Å². The number of rotatable bonds is 4. The van der Waals surface area contributed by atoms with Gasteiger partial charge in [0.05, 0.1) is 11.6 Å². The lowest BCUT2D eigenvalue weighted by molar-refractivity contribution is -0.120. The lowest BCUT2D eigenvalue weighted by Crippen LogP contribution is -2.50. The summed E-state index contributed by atoms with van der Waals surface area (Å²) < 4.78 is 7.56. The van der Waals surface area contributed by atoms with Crippen LogP contribution in [0.2, 0.25) is 5.04 Å². The van der Waals surface area contributed by atoms with Crippen LogP contribution in [-0.2, 0) is 9.22 Å². The summed E-state index contributed by atoms with van der Waals surface area (Å²) in [4.78, 5) is 14.9. The first-order valence-electron chi connectivity index (χ1n) is 9.07. The number of carbonyl (C=O) groups excluding carboxylic acids is 1. The molecule has 5 heteroatoms. The van der Waals surface area contributed by atoms with Gasteiger partial charge in [0.1, 0.15) is 0 Å². The Morgan fingerprint density at radius 2 is 1.68 bits per heavy atom. The molecule has 1 aliphatic rings. The van der Waals surface area contributed by atoms with Crippen LogP contribution in [0.3, 0.4) is 0 Å². The summed E-state index contributed by atoms with van der Waals surface area (Å²) in [6.45, 7) is 17.2. The van der Waals surface area contributed by atoms with E-state index in [0.717, 1.165) is 27.7 Å². The van der Waals surface area contributed by atoms with Gasteiger partial charge in [0.25, 0.3) is 0 Å². The van der Waals surface area contributed by atoms with Crippen LogP contribution in [0, 0.1) is 19.8 Å². The van der Waals surface area contributed by atoms with E-state index in [0.29, 0.717) is 0 Å². The van der Waals surface area contributed by atoms with Gasteiger partial charge in [-0.25, -0.2) is 0 Å². The molecule has 1 aromatic rings. The predicted octanol–water partition coefficient (Wildman–Crippen LogP) is 4.90. The van der Waals surface area contributed by atoms with Gasteiger partial charge in [0.2, 0.25) is 5.91 Å². The number of nitrogens with zero attached hydrogens (tertiary/aromatic N) is 1. The fourth-order valence-electron chi connectivity index (χ4n) is 3.39. The SMILES string of the molecule is Cc1cc(N2C(=O)[C@H](C)CC2C(C)(C)O[SiH2]C(C)(C)C)cc(C)c1Br. The Labute approximate surface area is 163 Å². The minimum absolute atomic E-state index is 0.0356. The Bertz CT molecular complexity index is 643. The zero-order valence-corrected chi connectivity index (χ0v) is 19.9. The largest absolute Gasteiger partial charge is 0.416 e.